The summed E-state index contributed by atoms with van der Waals surface area (Å²) in [6, 6.07) is 9.22. The Morgan fingerprint density at radius 2 is 2.10 bits per heavy atom. The van der Waals surface area contributed by atoms with Gasteiger partial charge in [0.2, 0.25) is 0 Å². The summed E-state index contributed by atoms with van der Waals surface area (Å²) in [6.45, 7) is 2.38. The maximum absolute atomic E-state index is 4.77. The molecule has 0 amide bonds. The van der Waals surface area contributed by atoms with Crippen molar-refractivity contribution in [1.82, 2.24) is 15.1 Å². The lowest BCUT2D eigenvalue weighted by Crippen LogP contribution is -2.39. The van der Waals surface area contributed by atoms with Gasteiger partial charge in [-0.25, -0.2) is 0 Å². The molecule has 1 saturated carbocycles. The van der Waals surface area contributed by atoms with Crippen LogP contribution in [0.5, 0.6) is 0 Å². The summed E-state index contributed by atoms with van der Waals surface area (Å²) in [7, 11) is 4.15. The van der Waals surface area contributed by atoms with Crippen molar-refractivity contribution >= 4 is 10.9 Å². The van der Waals surface area contributed by atoms with Crippen molar-refractivity contribution < 1.29 is 0 Å². The minimum atomic E-state index is 0.645. The quantitative estimate of drug-likeness (QED) is 0.929. The molecule has 3 nitrogen and oxygen atoms in total. The fourth-order valence-corrected chi connectivity index (χ4v) is 3.79. The zero-order valence-electron chi connectivity index (χ0n) is 12.8. The van der Waals surface area contributed by atoms with Crippen LogP contribution in [0, 0.1) is 11.8 Å². The van der Waals surface area contributed by atoms with Crippen molar-refractivity contribution in [3.8, 4) is 0 Å². The number of hydrogen-bond donors (Lipinski definition) is 1. The van der Waals surface area contributed by atoms with E-state index in [0.29, 0.717) is 12.0 Å². The predicted octanol–water partition coefficient (Wildman–Crippen LogP) is 3.14. The van der Waals surface area contributed by atoms with Crippen LogP contribution in [0.1, 0.15) is 31.9 Å². The van der Waals surface area contributed by atoms with Gasteiger partial charge in [-0.1, -0.05) is 25.1 Å². The summed E-state index contributed by atoms with van der Waals surface area (Å²) < 4.78 is 2.02. The average Bonchev–Trinajstić information content (AvgIpc) is 2.76. The Hall–Kier alpha value is -1.35. The fourth-order valence-electron chi connectivity index (χ4n) is 3.79. The summed E-state index contributed by atoms with van der Waals surface area (Å²) in [5.74, 6) is 1.56. The molecule has 108 valence electrons. The van der Waals surface area contributed by atoms with Crippen molar-refractivity contribution in [1.29, 1.82) is 0 Å². The first-order valence-electron chi connectivity index (χ1n) is 7.77. The molecule has 0 saturated heterocycles. The maximum Gasteiger partial charge on any atom is 0.0706 e. The monoisotopic (exact) mass is 271 g/mol. The first-order chi connectivity index (χ1) is 9.69. The Balaban J connectivity index is 1.88. The van der Waals surface area contributed by atoms with Gasteiger partial charge in [0.25, 0.3) is 0 Å². The molecule has 1 aliphatic carbocycles. The molecule has 2 aromatic rings. The van der Waals surface area contributed by atoms with Gasteiger partial charge in [0.05, 0.1) is 11.2 Å². The van der Waals surface area contributed by atoms with Crippen molar-refractivity contribution in [2.24, 2.45) is 18.9 Å². The van der Waals surface area contributed by atoms with E-state index in [1.165, 1.54) is 35.9 Å². The summed E-state index contributed by atoms with van der Waals surface area (Å²) in [4.78, 5) is 0. The Kier molecular flexibility index (Phi) is 3.79. The highest BCUT2D eigenvalue weighted by Gasteiger charge is 2.28. The molecule has 1 N–H and O–H groups in total. The van der Waals surface area contributed by atoms with Crippen LogP contribution in [0.4, 0.5) is 0 Å². The minimum absolute atomic E-state index is 0.645. The SMILES string of the molecule is CNC1CCC(C)CC1Cc1nn(C)c2ccccc12. The molecule has 20 heavy (non-hydrogen) atoms. The molecule has 3 unspecified atom stereocenters. The van der Waals surface area contributed by atoms with Crippen molar-refractivity contribution in [3.63, 3.8) is 0 Å². The molecule has 0 bridgehead atoms. The lowest BCUT2D eigenvalue weighted by molar-refractivity contribution is 0.219. The smallest absolute Gasteiger partial charge is 0.0706 e. The number of rotatable bonds is 3. The van der Waals surface area contributed by atoms with Gasteiger partial charge in [0, 0.05) is 18.5 Å². The third kappa shape index (κ3) is 2.47. The number of aryl methyl sites for hydroxylation is 1. The van der Waals surface area contributed by atoms with Gasteiger partial charge in [-0.3, -0.25) is 4.68 Å². The first-order valence-corrected chi connectivity index (χ1v) is 7.77. The number of aromatic nitrogens is 2. The van der Waals surface area contributed by atoms with E-state index in [0.717, 1.165) is 12.3 Å². The highest BCUT2D eigenvalue weighted by Crippen LogP contribution is 2.32. The number of fused-ring (bicyclic) bond motifs is 1. The second-order valence-electron chi connectivity index (χ2n) is 6.37. The molecule has 0 spiro atoms. The van der Waals surface area contributed by atoms with E-state index < -0.39 is 0 Å². The highest BCUT2D eigenvalue weighted by molar-refractivity contribution is 5.81. The van der Waals surface area contributed by atoms with Gasteiger partial charge in [0.15, 0.2) is 0 Å². The molecule has 3 atom stereocenters. The summed E-state index contributed by atoms with van der Waals surface area (Å²) in [5, 5.41) is 9.60. The van der Waals surface area contributed by atoms with Gasteiger partial charge in [-0.15, -0.1) is 0 Å². The molecule has 1 fully saturated rings. The van der Waals surface area contributed by atoms with Crippen LogP contribution in [0.2, 0.25) is 0 Å². The Morgan fingerprint density at radius 3 is 2.90 bits per heavy atom. The number of nitrogens with zero attached hydrogens (tertiary/aromatic N) is 2. The molecular weight excluding hydrogens is 246 g/mol. The Labute approximate surface area is 121 Å². The van der Waals surface area contributed by atoms with E-state index in [1.807, 2.05) is 11.7 Å². The molecule has 1 heterocycles. The van der Waals surface area contributed by atoms with Crippen LogP contribution in [-0.2, 0) is 13.5 Å². The summed E-state index contributed by atoms with van der Waals surface area (Å²) in [6.07, 6.45) is 5.06. The first kappa shape index (κ1) is 13.6. The van der Waals surface area contributed by atoms with Gasteiger partial charge >= 0.3 is 0 Å². The standard InChI is InChI=1S/C17H25N3/c1-12-8-9-15(18-2)13(10-12)11-16-14-6-4-5-7-17(14)20(3)19-16/h4-7,12-13,15,18H,8-11H2,1-3H3. The Bertz CT molecular complexity index is 587. The number of nitrogens with one attached hydrogen (secondary N) is 1. The lowest BCUT2D eigenvalue weighted by atomic mass is 9.76. The van der Waals surface area contributed by atoms with Crippen molar-refractivity contribution in [2.75, 3.05) is 7.05 Å². The highest BCUT2D eigenvalue weighted by atomic mass is 15.3. The van der Waals surface area contributed by atoms with E-state index >= 15 is 0 Å². The second kappa shape index (κ2) is 5.57. The molecule has 1 aromatic heterocycles. The summed E-state index contributed by atoms with van der Waals surface area (Å²) >= 11 is 0. The van der Waals surface area contributed by atoms with Crippen LogP contribution in [0.15, 0.2) is 24.3 Å². The topological polar surface area (TPSA) is 29.9 Å². The average molecular weight is 271 g/mol. The van der Waals surface area contributed by atoms with Crippen molar-refractivity contribution in [3.05, 3.63) is 30.0 Å². The molecule has 1 aromatic carbocycles. The molecule has 3 rings (SSSR count). The van der Waals surface area contributed by atoms with Crippen LogP contribution >= 0.6 is 0 Å². The third-order valence-electron chi connectivity index (χ3n) is 4.91. The van der Waals surface area contributed by atoms with Crippen LogP contribution in [0.25, 0.3) is 10.9 Å². The van der Waals surface area contributed by atoms with Crippen LogP contribution < -0.4 is 5.32 Å². The van der Waals surface area contributed by atoms with Gasteiger partial charge < -0.3 is 5.32 Å². The van der Waals surface area contributed by atoms with E-state index in [4.69, 9.17) is 5.10 Å². The molecule has 0 radical (unpaired) electrons. The predicted molar refractivity (Wildman–Crippen MR) is 83.8 cm³/mol. The molecule has 0 aliphatic heterocycles. The van der Waals surface area contributed by atoms with E-state index in [1.54, 1.807) is 0 Å². The maximum atomic E-state index is 4.77. The van der Waals surface area contributed by atoms with Crippen LogP contribution in [-0.4, -0.2) is 22.9 Å². The van der Waals surface area contributed by atoms with Gasteiger partial charge in [-0.05, 0) is 50.6 Å². The van der Waals surface area contributed by atoms with Gasteiger partial charge in [-0.2, -0.15) is 5.10 Å². The Morgan fingerprint density at radius 1 is 1.30 bits per heavy atom. The van der Waals surface area contributed by atoms with Crippen molar-refractivity contribution in [2.45, 2.75) is 38.6 Å². The van der Waals surface area contributed by atoms with E-state index in [-0.39, 0.29) is 0 Å². The van der Waals surface area contributed by atoms with Gasteiger partial charge in [0.1, 0.15) is 0 Å². The second-order valence-corrected chi connectivity index (χ2v) is 6.37. The fraction of sp³-hybridized carbons (Fsp3) is 0.588. The molecule has 3 heteroatoms. The number of para-hydroxylation sites is 1. The van der Waals surface area contributed by atoms with E-state index in [9.17, 15) is 0 Å². The van der Waals surface area contributed by atoms with E-state index in [2.05, 4.69) is 43.6 Å². The normalized spacial score (nSPS) is 27.1. The largest absolute Gasteiger partial charge is 0.317 e. The van der Waals surface area contributed by atoms with Crippen LogP contribution in [0.3, 0.4) is 0 Å². The summed E-state index contributed by atoms with van der Waals surface area (Å²) in [5.41, 5.74) is 2.51. The number of benzene rings is 1. The zero-order chi connectivity index (χ0) is 14.1. The molecular formula is C17H25N3. The minimum Gasteiger partial charge on any atom is -0.317 e. The zero-order valence-corrected chi connectivity index (χ0v) is 12.8. The lowest BCUT2D eigenvalue weighted by Gasteiger charge is -2.34. The number of hydrogen-bond acceptors (Lipinski definition) is 2. The molecule has 1 aliphatic rings. The third-order valence-corrected chi connectivity index (χ3v) is 4.91.